The molecule has 0 saturated carbocycles. The second kappa shape index (κ2) is 6.70. The third-order valence-electron chi connectivity index (χ3n) is 3.72. The number of aromatic amines is 1. The van der Waals surface area contributed by atoms with Gasteiger partial charge in [0, 0.05) is 17.7 Å². The van der Waals surface area contributed by atoms with Gasteiger partial charge in [-0.2, -0.15) is 0 Å². The Morgan fingerprint density at radius 3 is 2.25 bits per heavy atom. The predicted octanol–water partition coefficient (Wildman–Crippen LogP) is 3.65. The van der Waals surface area contributed by atoms with Crippen LogP contribution in [0.4, 0.5) is 0 Å². The van der Waals surface area contributed by atoms with Gasteiger partial charge in [-0.3, -0.25) is 0 Å². The van der Waals surface area contributed by atoms with Crippen molar-refractivity contribution in [3.63, 3.8) is 0 Å². The lowest BCUT2D eigenvalue weighted by molar-refractivity contribution is 0.311. The number of benzene rings is 2. The number of aromatic nitrogens is 2. The third kappa shape index (κ3) is 2.82. The standard InChI is InChI=1S/C18H20N2O4/c1-5-24-17-8-11(6-7-14(17)21-2)18-19-12-9-15(22-3)16(23-4)10-13(12)20-18/h6-10H,5H2,1-4H3,(H,19,20). The zero-order chi connectivity index (χ0) is 17.1. The van der Waals surface area contributed by atoms with Crippen molar-refractivity contribution in [2.24, 2.45) is 0 Å². The van der Waals surface area contributed by atoms with E-state index in [1.807, 2.05) is 37.3 Å². The fourth-order valence-electron chi connectivity index (χ4n) is 2.57. The molecule has 0 radical (unpaired) electrons. The van der Waals surface area contributed by atoms with Gasteiger partial charge in [-0.1, -0.05) is 0 Å². The Labute approximate surface area is 140 Å². The average molecular weight is 328 g/mol. The summed E-state index contributed by atoms with van der Waals surface area (Å²) in [6, 6.07) is 9.44. The molecule has 1 N–H and O–H groups in total. The van der Waals surface area contributed by atoms with Gasteiger partial charge in [0.1, 0.15) is 5.82 Å². The van der Waals surface area contributed by atoms with Crippen molar-refractivity contribution in [2.45, 2.75) is 6.92 Å². The number of hydrogen-bond acceptors (Lipinski definition) is 5. The van der Waals surface area contributed by atoms with E-state index < -0.39 is 0 Å². The molecule has 0 atom stereocenters. The van der Waals surface area contributed by atoms with Crippen LogP contribution >= 0.6 is 0 Å². The molecule has 2 aromatic carbocycles. The van der Waals surface area contributed by atoms with E-state index in [2.05, 4.69) is 9.97 Å². The first-order valence-electron chi connectivity index (χ1n) is 7.63. The number of hydrogen-bond donors (Lipinski definition) is 1. The van der Waals surface area contributed by atoms with Crippen molar-refractivity contribution >= 4 is 11.0 Å². The Balaban J connectivity index is 2.07. The van der Waals surface area contributed by atoms with Crippen LogP contribution in [0.3, 0.4) is 0 Å². The van der Waals surface area contributed by atoms with Crippen LogP contribution in [0.25, 0.3) is 22.4 Å². The van der Waals surface area contributed by atoms with Gasteiger partial charge < -0.3 is 23.9 Å². The fraction of sp³-hybridized carbons (Fsp3) is 0.278. The number of ether oxygens (including phenoxy) is 4. The predicted molar refractivity (Wildman–Crippen MR) is 92.4 cm³/mol. The number of rotatable bonds is 6. The molecule has 1 heterocycles. The molecule has 0 aliphatic carbocycles. The van der Waals surface area contributed by atoms with Gasteiger partial charge in [-0.15, -0.1) is 0 Å². The van der Waals surface area contributed by atoms with Crippen LogP contribution in [-0.4, -0.2) is 37.9 Å². The molecular formula is C18H20N2O4. The van der Waals surface area contributed by atoms with Gasteiger partial charge in [0.15, 0.2) is 23.0 Å². The fourth-order valence-corrected chi connectivity index (χ4v) is 2.57. The SMILES string of the molecule is CCOc1cc(-c2nc3cc(OC)c(OC)cc3[nH]2)ccc1OC. The topological polar surface area (TPSA) is 65.6 Å². The van der Waals surface area contributed by atoms with Crippen molar-refractivity contribution in [2.75, 3.05) is 27.9 Å². The molecule has 0 fully saturated rings. The summed E-state index contributed by atoms with van der Waals surface area (Å²) in [6.07, 6.45) is 0. The van der Waals surface area contributed by atoms with Crippen LogP contribution in [0, 0.1) is 0 Å². The molecule has 6 nitrogen and oxygen atoms in total. The molecule has 0 bridgehead atoms. The van der Waals surface area contributed by atoms with Crippen LogP contribution < -0.4 is 18.9 Å². The smallest absolute Gasteiger partial charge is 0.163 e. The summed E-state index contributed by atoms with van der Waals surface area (Å²) in [5, 5.41) is 0. The summed E-state index contributed by atoms with van der Waals surface area (Å²) in [5.41, 5.74) is 2.58. The maximum Gasteiger partial charge on any atom is 0.163 e. The molecule has 126 valence electrons. The lowest BCUT2D eigenvalue weighted by atomic mass is 10.2. The van der Waals surface area contributed by atoms with Crippen molar-refractivity contribution < 1.29 is 18.9 Å². The van der Waals surface area contributed by atoms with Gasteiger partial charge >= 0.3 is 0 Å². The Hall–Kier alpha value is -2.89. The van der Waals surface area contributed by atoms with E-state index in [0.29, 0.717) is 29.6 Å². The van der Waals surface area contributed by atoms with E-state index in [9.17, 15) is 0 Å². The van der Waals surface area contributed by atoms with Crippen molar-refractivity contribution in [3.05, 3.63) is 30.3 Å². The quantitative estimate of drug-likeness (QED) is 0.748. The highest BCUT2D eigenvalue weighted by atomic mass is 16.5. The molecule has 3 rings (SSSR count). The molecule has 6 heteroatoms. The highest BCUT2D eigenvalue weighted by Gasteiger charge is 2.13. The first kappa shape index (κ1) is 16.0. The van der Waals surface area contributed by atoms with E-state index in [1.54, 1.807) is 21.3 Å². The maximum atomic E-state index is 5.63. The lowest BCUT2D eigenvalue weighted by Gasteiger charge is -2.10. The summed E-state index contributed by atoms with van der Waals surface area (Å²) in [4.78, 5) is 7.94. The Kier molecular flexibility index (Phi) is 4.46. The van der Waals surface area contributed by atoms with E-state index in [1.165, 1.54) is 0 Å². The number of nitrogens with zero attached hydrogens (tertiary/aromatic N) is 1. The van der Waals surface area contributed by atoms with Crippen LogP contribution in [0.5, 0.6) is 23.0 Å². The number of methoxy groups -OCH3 is 3. The van der Waals surface area contributed by atoms with Gasteiger partial charge in [0.2, 0.25) is 0 Å². The minimum atomic E-state index is 0.564. The Morgan fingerprint density at radius 2 is 1.58 bits per heavy atom. The molecule has 0 aliphatic rings. The van der Waals surface area contributed by atoms with Gasteiger partial charge in [0.25, 0.3) is 0 Å². The number of H-pyrrole nitrogens is 1. The zero-order valence-electron chi connectivity index (χ0n) is 14.2. The molecule has 0 amide bonds. The van der Waals surface area contributed by atoms with Crippen LogP contribution in [0.1, 0.15) is 6.92 Å². The molecule has 24 heavy (non-hydrogen) atoms. The molecule has 0 saturated heterocycles. The second-order valence-electron chi connectivity index (χ2n) is 5.11. The summed E-state index contributed by atoms with van der Waals surface area (Å²) < 4.78 is 21.6. The molecular weight excluding hydrogens is 308 g/mol. The van der Waals surface area contributed by atoms with E-state index in [4.69, 9.17) is 18.9 Å². The number of fused-ring (bicyclic) bond motifs is 1. The molecule has 0 aliphatic heterocycles. The summed E-state index contributed by atoms with van der Waals surface area (Å²) in [7, 11) is 4.84. The summed E-state index contributed by atoms with van der Waals surface area (Å²) >= 11 is 0. The van der Waals surface area contributed by atoms with Gasteiger partial charge in [0.05, 0.1) is 39.0 Å². The van der Waals surface area contributed by atoms with Gasteiger partial charge in [-0.25, -0.2) is 4.98 Å². The van der Waals surface area contributed by atoms with Crippen LogP contribution in [0.15, 0.2) is 30.3 Å². The van der Waals surface area contributed by atoms with Gasteiger partial charge in [-0.05, 0) is 25.1 Å². The maximum absolute atomic E-state index is 5.63. The lowest BCUT2D eigenvalue weighted by Crippen LogP contribution is -1.95. The zero-order valence-corrected chi connectivity index (χ0v) is 14.2. The summed E-state index contributed by atoms with van der Waals surface area (Å²) in [5.74, 6) is 3.43. The van der Waals surface area contributed by atoms with Crippen LogP contribution in [0.2, 0.25) is 0 Å². The Morgan fingerprint density at radius 1 is 0.875 bits per heavy atom. The molecule has 0 unspecified atom stereocenters. The van der Waals surface area contributed by atoms with E-state index in [0.717, 1.165) is 22.4 Å². The second-order valence-corrected chi connectivity index (χ2v) is 5.11. The monoisotopic (exact) mass is 328 g/mol. The molecule has 1 aromatic heterocycles. The highest BCUT2D eigenvalue weighted by Crippen LogP contribution is 2.35. The third-order valence-corrected chi connectivity index (χ3v) is 3.72. The average Bonchev–Trinajstić information content (AvgIpc) is 3.03. The summed E-state index contributed by atoms with van der Waals surface area (Å²) in [6.45, 7) is 2.50. The van der Waals surface area contributed by atoms with E-state index in [-0.39, 0.29) is 0 Å². The molecule has 3 aromatic rings. The number of imidazole rings is 1. The van der Waals surface area contributed by atoms with Crippen LogP contribution in [-0.2, 0) is 0 Å². The minimum absolute atomic E-state index is 0.564. The van der Waals surface area contributed by atoms with Crippen molar-refractivity contribution in [1.82, 2.24) is 9.97 Å². The van der Waals surface area contributed by atoms with Crippen molar-refractivity contribution in [1.29, 1.82) is 0 Å². The van der Waals surface area contributed by atoms with Crippen molar-refractivity contribution in [3.8, 4) is 34.4 Å². The first-order valence-corrected chi connectivity index (χ1v) is 7.63. The first-order chi connectivity index (χ1) is 11.7. The Bertz CT molecular complexity index is 817. The van der Waals surface area contributed by atoms with E-state index >= 15 is 0 Å². The normalized spacial score (nSPS) is 10.7. The largest absolute Gasteiger partial charge is 0.493 e. The minimum Gasteiger partial charge on any atom is -0.493 e. The molecule has 0 spiro atoms. The highest BCUT2D eigenvalue weighted by molar-refractivity contribution is 5.83. The number of nitrogens with one attached hydrogen (secondary N) is 1.